The lowest BCUT2D eigenvalue weighted by Gasteiger charge is -2.28. The average Bonchev–Trinajstić information content (AvgIpc) is 2.94. The van der Waals surface area contributed by atoms with Crippen molar-refractivity contribution in [1.82, 2.24) is 15.1 Å². The largest absolute Gasteiger partial charge is 0.378 e. The summed E-state index contributed by atoms with van der Waals surface area (Å²) in [5.41, 5.74) is 1.52. The lowest BCUT2D eigenvalue weighted by atomic mass is 10.2. The number of hydrogen-bond acceptors (Lipinski definition) is 8. The molecule has 1 saturated heterocycles. The molecule has 2 aromatic heterocycles. The second kappa shape index (κ2) is 7.06. The first-order chi connectivity index (χ1) is 12.0. The molecular weight excluding hydrogens is 324 g/mol. The molecule has 0 saturated carbocycles. The maximum absolute atomic E-state index is 12.6. The molecule has 0 atom stereocenters. The zero-order chi connectivity index (χ0) is 18.0. The maximum atomic E-state index is 12.6. The molecule has 9 nitrogen and oxygen atoms in total. The van der Waals surface area contributed by atoms with Crippen molar-refractivity contribution in [2.75, 3.05) is 55.5 Å². The van der Waals surface area contributed by atoms with Gasteiger partial charge in [-0.25, -0.2) is 4.98 Å². The first-order valence-electron chi connectivity index (χ1n) is 8.08. The zero-order valence-corrected chi connectivity index (χ0v) is 14.9. The molecule has 1 N–H and O–H groups in total. The summed E-state index contributed by atoms with van der Waals surface area (Å²) < 4.78 is 10.4. The molecule has 3 heterocycles. The van der Waals surface area contributed by atoms with Gasteiger partial charge in [-0.2, -0.15) is 4.98 Å². The van der Waals surface area contributed by atoms with Crippen LogP contribution in [0.1, 0.15) is 21.8 Å². The Morgan fingerprint density at radius 3 is 2.60 bits per heavy atom. The van der Waals surface area contributed by atoms with Gasteiger partial charge in [-0.15, -0.1) is 0 Å². The summed E-state index contributed by atoms with van der Waals surface area (Å²) >= 11 is 0. The predicted molar refractivity (Wildman–Crippen MR) is 93.3 cm³/mol. The van der Waals surface area contributed by atoms with E-state index in [1.165, 1.54) is 0 Å². The second-order valence-corrected chi connectivity index (χ2v) is 6.05. The molecule has 0 unspecified atom stereocenters. The smallest absolute Gasteiger partial charge is 0.261 e. The van der Waals surface area contributed by atoms with Crippen LogP contribution in [0.25, 0.3) is 0 Å². The Morgan fingerprint density at radius 1 is 1.28 bits per heavy atom. The molecule has 0 radical (unpaired) electrons. The van der Waals surface area contributed by atoms with E-state index >= 15 is 0 Å². The Labute approximate surface area is 146 Å². The van der Waals surface area contributed by atoms with E-state index in [1.54, 1.807) is 20.0 Å². The molecule has 2 aromatic rings. The van der Waals surface area contributed by atoms with Crippen LogP contribution in [0.2, 0.25) is 0 Å². The second-order valence-electron chi connectivity index (χ2n) is 6.05. The number of carbonyl (C=O) groups excluding carboxylic acids is 1. The third kappa shape index (κ3) is 3.55. The molecule has 0 bridgehead atoms. The Morgan fingerprint density at radius 2 is 2.00 bits per heavy atom. The van der Waals surface area contributed by atoms with E-state index in [2.05, 4.69) is 25.3 Å². The van der Waals surface area contributed by atoms with E-state index < -0.39 is 0 Å². The van der Waals surface area contributed by atoms with E-state index in [0.29, 0.717) is 47.7 Å². The van der Waals surface area contributed by atoms with Gasteiger partial charge in [-0.05, 0) is 13.8 Å². The van der Waals surface area contributed by atoms with Crippen LogP contribution in [0.15, 0.2) is 10.7 Å². The number of rotatable bonds is 4. The fourth-order valence-electron chi connectivity index (χ4n) is 2.70. The van der Waals surface area contributed by atoms with Crippen LogP contribution in [0.4, 0.5) is 17.5 Å². The van der Waals surface area contributed by atoms with Gasteiger partial charge in [-0.1, -0.05) is 5.16 Å². The minimum atomic E-state index is -0.290. The molecule has 1 fully saturated rings. The van der Waals surface area contributed by atoms with Crippen LogP contribution in [0.5, 0.6) is 0 Å². The fourth-order valence-corrected chi connectivity index (χ4v) is 2.70. The number of aromatic nitrogens is 3. The van der Waals surface area contributed by atoms with Crippen molar-refractivity contribution >= 4 is 23.4 Å². The fraction of sp³-hybridized carbons (Fsp3) is 0.500. The first kappa shape index (κ1) is 17.2. The van der Waals surface area contributed by atoms with Gasteiger partial charge in [0.1, 0.15) is 17.0 Å². The van der Waals surface area contributed by atoms with E-state index in [-0.39, 0.29) is 5.91 Å². The molecular formula is C16H22N6O3. The van der Waals surface area contributed by atoms with Crippen LogP contribution in [0.3, 0.4) is 0 Å². The van der Waals surface area contributed by atoms with Gasteiger partial charge in [0.05, 0.1) is 25.1 Å². The number of amides is 1. The van der Waals surface area contributed by atoms with Gasteiger partial charge >= 0.3 is 0 Å². The highest BCUT2D eigenvalue weighted by molar-refractivity contribution is 6.06. The highest BCUT2D eigenvalue weighted by Crippen LogP contribution is 2.25. The van der Waals surface area contributed by atoms with E-state index in [9.17, 15) is 4.79 Å². The number of nitrogens with zero attached hydrogens (tertiary/aromatic N) is 5. The molecule has 0 spiro atoms. The van der Waals surface area contributed by atoms with E-state index in [1.807, 2.05) is 19.0 Å². The molecule has 3 rings (SSSR count). The molecule has 0 aliphatic carbocycles. The van der Waals surface area contributed by atoms with Gasteiger partial charge in [0.25, 0.3) is 5.91 Å². The summed E-state index contributed by atoms with van der Waals surface area (Å²) in [7, 11) is 3.74. The third-order valence-electron chi connectivity index (χ3n) is 3.98. The summed E-state index contributed by atoms with van der Waals surface area (Å²) in [5.74, 6) is 1.45. The Balaban J connectivity index is 1.86. The van der Waals surface area contributed by atoms with E-state index in [0.717, 1.165) is 13.1 Å². The topological polar surface area (TPSA) is 96.6 Å². The molecule has 1 amide bonds. The van der Waals surface area contributed by atoms with Crippen molar-refractivity contribution in [3.8, 4) is 0 Å². The minimum Gasteiger partial charge on any atom is -0.378 e. The number of morpholine rings is 1. The van der Waals surface area contributed by atoms with Crippen LogP contribution in [-0.2, 0) is 4.74 Å². The van der Waals surface area contributed by atoms with Gasteiger partial charge < -0.3 is 24.4 Å². The summed E-state index contributed by atoms with van der Waals surface area (Å²) in [6, 6.07) is 0. The Kier molecular flexibility index (Phi) is 4.84. The standard InChI is InChI=1S/C16H22N6O3/c1-10-13(11(2)25-20-10)15(23)18-12-9-17-16(19-14(12)21(3)4)22-5-7-24-8-6-22/h9H,5-8H2,1-4H3,(H,18,23). The maximum Gasteiger partial charge on any atom is 0.261 e. The van der Waals surface area contributed by atoms with Crippen molar-refractivity contribution in [2.45, 2.75) is 13.8 Å². The highest BCUT2D eigenvalue weighted by Gasteiger charge is 2.21. The van der Waals surface area contributed by atoms with E-state index in [4.69, 9.17) is 9.26 Å². The van der Waals surface area contributed by atoms with Crippen molar-refractivity contribution in [2.24, 2.45) is 0 Å². The molecule has 134 valence electrons. The van der Waals surface area contributed by atoms with Crippen molar-refractivity contribution in [3.05, 3.63) is 23.2 Å². The Hall–Kier alpha value is -2.68. The van der Waals surface area contributed by atoms with Gasteiger partial charge in [0, 0.05) is 27.2 Å². The van der Waals surface area contributed by atoms with Crippen LogP contribution in [-0.4, -0.2) is 61.4 Å². The van der Waals surface area contributed by atoms with Crippen LogP contribution in [0, 0.1) is 13.8 Å². The van der Waals surface area contributed by atoms with Gasteiger partial charge in [-0.3, -0.25) is 4.79 Å². The molecule has 1 aliphatic heterocycles. The molecule has 1 aliphatic rings. The molecule has 25 heavy (non-hydrogen) atoms. The lowest BCUT2D eigenvalue weighted by Crippen LogP contribution is -2.37. The van der Waals surface area contributed by atoms with Crippen LogP contribution >= 0.6 is 0 Å². The number of anilines is 3. The average molecular weight is 346 g/mol. The predicted octanol–water partition coefficient (Wildman–Crippen LogP) is 1.24. The molecule has 0 aromatic carbocycles. The summed E-state index contributed by atoms with van der Waals surface area (Å²) in [5, 5.41) is 6.67. The number of nitrogens with one attached hydrogen (secondary N) is 1. The third-order valence-corrected chi connectivity index (χ3v) is 3.98. The number of ether oxygens (including phenoxy) is 1. The SMILES string of the molecule is Cc1noc(C)c1C(=O)Nc1cnc(N2CCOCC2)nc1N(C)C. The zero-order valence-electron chi connectivity index (χ0n) is 14.9. The van der Waals surface area contributed by atoms with Gasteiger partial charge in [0.15, 0.2) is 5.82 Å². The van der Waals surface area contributed by atoms with Gasteiger partial charge in [0.2, 0.25) is 5.95 Å². The lowest BCUT2D eigenvalue weighted by molar-refractivity contribution is 0.102. The van der Waals surface area contributed by atoms with Crippen LogP contribution < -0.4 is 15.1 Å². The normalized spacial score (nSPS) is 14.5. The number of aryl methyl sites for hydroxylation is 2. The highest BCUT2D eigenvalue weighted by atomic mass is 16.5. The number of carbonyl (C=O) groups is 1. The monoisotopic (exact) mass is 346 g/mol. The summed E-state index contributed by atoms with van der Waals surface area (Å²) in [6.45, 7) is 6.25. The van der Waals surface area contributed by atoms with Crippen molar-refractivity contribution < 1.29 is 14.1 Å². The Bertz CT molecular complexity index is 748. The number of hydrogen-bond donors (Lipinski definition) is 1. The summed E-state index contributed by atoms with van der Waals surface area (Å²) in [4.78, 5) is 25.5. The van der Waals surface area contributed by atoms with Crippen molar-refractivity contribution in [3.63, 3.8) is 0 Å². The first-order valence-corrected chi connectivity index (χ1v) is 8.08. The quantitative estimate of drug-likeness (QED) is 0.883. The van der Waals surface area contributed by atoms with Crippen molar-refractivity contribution in [1.29, 1.82) is 0 Å². The summed E-state index contributed by atoms with van der Waals surface area (Å²) in [6.07, 6.45) is 1.63. The molecule has 9 heteroatoms. The minimum absolute atomic E-state index is 0.290.